The Morgan fingerprint density at radius 1 is 1.19 bits per heavy atom. The SMILES string of the molecule is Cc1cccc(Cn2nccc2NC(=O)CN2CCC(NS(=O)(=O)c3cccs3)CC2)c1. The van der Waals surface area contributed by atoms with Crippen molar-refractivity contribution in [2.24, 2.45) is 0 Å². The van der Waals surface area contributed by atoms with Crippen LogP contribution in [0, 0.1) is 6.92 Å². The molecular formula is C22H27N5O3S2. The second-order valence-corrected chi connectivity index (χ2v) is 10.9. The summed E-state index contributed by atoms with van der Waals surface area (Å²) in [7, 11) is -3.46. The maximum absolute atomic E-state index is 12.6. The minimum atomic E-state index is -3.46. The molecule has 0 unspecified atom stereocenters. The number of likely N-dealkylation sites (tertiary alicyclic amines) is 1. The van der Waals surface area contributed by atoms with Gasteiger partial charge in [-0.2, -0.15) is 5.10 Å². The van der Waals surface area contributed by atoms with Gasteiger partial charge < -0.3 is 5.32 Å². The van der Waals surface area contributed by atoms with Gasteiger partial charge in [0.05, 0.1) is 19.3 Å². The Morgan fingerprint density at radius 2 is 2.00 bits per heavy atom. The first-order valence-electron chi connectivity index (χ1n) is 10.5. The van der Waals surface area contributed by atoms with Crippen molar-refractivity contribution in [2.75, 3.05) is 25.0 Å². The average Bonchev–Trinajstić information content (AvgIpc) is 3.43. The minimum absolute atomic E-state index is 0.103. The molecule has 1 fully saturated rings. The molecule has 8 nitrogen and oxygen atoms in total. The number of aromatic nitrogens is 2. The van der Waals surface area contributed by atoms with E-state index in [0.29, 0.717) is 42.5 Å². The lowest BCUT2D eigenvalue weighted by Gasteiger charge is -2.31. The first-order valence-corrected chi connectivity index (χ1v) is 12.9. The van der Waals surface area contributed by atoms with Gasteiger partial charge in [0, 0.05) is 25.2 Å². The summed E-state index contributed by atoms with van der Waals surface area (Å²) in [6, 6.07) is 13.2. The van der Waals surface area contributed by atoms with Crippen LogP contribution in [0.15, 0.2) is 58.3 Å². The van der Waals surface area contributed by atoms with Crippen LogP contribution < -0.4 is 10.0 Å². The number of sulfonamides is 1. The van der Waals surface area contributed by atoms with Crippen LogP contribution in [0.1, 0.15) is 24.0 Å². The van der Waals surface area contributed by atoms with Gasteiger partial charge in [-0.3, -0.25) is 9.69 Å². The maximum Gasteiger partial charge on any atom is 0.250 e. The topological polar surface area (TPSA) is 96.3 Å². The zero-order valence-corrected chi connectivity index (χ0v) is 19.5. The minimum Gasteiger partial charge on any atom is -0.310 e. The summed E-state index contributed by atoms with van der Waals surface area (Å²) in [5, 5.41) is 9.03. The molecule has 3 aromatic rings. The Kier molecular flexibility index (Phi) is 7.04. The Labute approximate surface area is 192 Å². The highest BCUT2D eigenvalue weighted by Crippen LogP contribution is 2.19. The fraction of sp³-hybridized carbons (Fsp3) is 0.364. The number of piperidine rings is 1. The molecule has 0 bridgehead atoms. The highest BCUT2D eigenvalue weighted by atomic mass is 32.2. The number of benzene rings is 1. The van der Waals surface area contributed by atoms with Gasteiger partial charge in [0.1, 0.15) is 10.0 Å². The number of nitrogens with zero attached hydrogens (tertiary/aromatic N) is 3. The fourth-order valence-corrected chi connectivity index (χ4v) is 6.15. The van der Waals surface area contributed by atoms with Crippen molar-refractivity contribution in [1.82, 2.24) is 19.4 Å². The fourth-order valence-electron chi connectivity index (χ4n) is 3.84. The summed E-state index contributed by atoms with van der Waals surface area (Å²) in [4.78, 5) is 14.6. The Bertz CT molecular complexity index is 1150. The van der Waals surface area contributed by atoms with Crippen molar-refractivity contribution in [1.29, 1.82) is 0 Å². The number of rotatable bonds is 8. The van der Waals surface area contributed by atoms with Crippen LogP contribution in [-0.2, 0) is 21.4 Å². The van der Waals surface area contributed by atoms with Crippen molar-refractivity contribution in [3.63, 3.8) is 0 Å². The lowest BCUT2D eigenvalue weighted by atomic mass is 10.1. The average molecular weight is 474 g/mol. The summed E-state index contributed by atoms with van der Waals surface area (Å²) >= 11 is 1.21. The molecule has 0 aliphatic carbocycles. The Morgan fingerprint density at radius 3 is 2.72 bits per heavy atom. The molecule has 170 valence electrons. The van der Waals surface area contributed by atoms with Gasteiger partial charge in [-0.05, 0) is 36.8 Å². The van der Waals surface area contributed by atoms with Crippen LogP contribution in [0.25, 0.3) is 0 Å². The molecule has 10 heteroatoms. The standard InChI is InChI=1S/C22H27N5O3S2/c1-17-4-2-5-18(14-17)15-27-20(7-10-23-27)24-21(28)16-26-11-8-19(9-12-26)25-32(29,30)22-6-3-13-31-22/h2-7,10,13-14,19,25H,8-9,11-12,15-16H2,1H3,(H,24,28). The van der Waals surface area contributed by atoms with Crippen LogP contribution in [-0.4, -0.2) is 54.7 Å². The number of hydrogen-bond donors (Lipinski definition) is 2. The van der Waals surface area contributed by atoms with Gasteiger partial charge in [-0.15, -0.1) is 11.3 Å². The molecule has 1 amide bonds. The Hall–Kier alpha value is -2.53. The maximum atomic E-state index is 12.6. The molecule has 1 aliphatic heterocycles. The summed E-state index contributed by atoms with van der Waals surface area (Å²) < 4.78 is 29.7. The number of anilines is 1. The van der Waals surface area contributed by atoms with Gasteiger partial charge in [0.15, 0.2) is 0 Å². The normalized spacial score (nSPS) is 15.7. The van der Waals surface area contributed by atoms with Crippen molar-refractivity contribution in [3.05, 3.63) is 65.2 Å². The van der Waals surface area contributed by atoms with E-state index in [1.54, 1.807) is 34.5 Å². The molecule has 0 atom stereocenters. The zero-order valence-electron chi connectivity index (χ0n) is 17.9. The lowest BCUT2D eigenvalue weighted by Crippen LogP contribution is -2.46. The summed E-state index contributed by atoms with van der Waals surface area (Å²) in [5.41, 5.74) is 2.30. The lowest BCUT2D eigenvalue weighted by molar-refractivity contribution is -0.117. The van der Waals surface area contributed by atoms with Crippen LogP contribution in [0.2, 0.25) is 0 Å². The van der Waals surface area contributed by atoms with Crippen molar-refractivity contribution in [3.8, 4) is 0 Å². The molecular weight excluding hydrogens is 446 g/mol. The largest absolute Gasteiger partial charge is 0.310 e. The summed E-state index contributed by atoms with van der Waals surface area (Å²) in [6.45, 7) is 4.22. The third kappa shape index (κ3) is 5.83. The van der Waals surface area contributed by atoms with Gasteiger partial charge >= 0.3 is 0 Å². The van der Waals surface area contributed by atoms with E-state index in [2.05, 4.69) is 21.2 Å². The van der Waals surface area contributed by atoms with E-state index < -0.39 is 10.0 Å². The molecule has 32 heavy (non-hydrogen) atoms. The van der Waals surface area contributed by atoms with Crippen molar-refractivity contribution in [2.45, 2.75) is 36.6 Å². The number of amides is 1. The molecule has 0 spiro atoms. The highest BCUT2D eigenvalue weighted by Gasteiger charge is 2.26. The summed E-state index contributed by atoms with van der Waals surface area (Å²) in [6.07, 6.45) is 3.02. The van der Waals surface area contributed by atoms with Gasteiger partial charge in [-0.25, -0.2) is 17.8 Å². The molecule has 4 rings (SSSR count). The molecule has 1 aliphatic rings. The molecule has 1 aromatic carbocycles. The Balaban J connectivity index is 1.26. The van der Waals surface area contributed by atoms with Gasteiger partial charge in [0.25, 0.3) is 0 Å². The first-order chi connectivity index (χ1) is 15.4. The summed E-state index contributed by atoms with van der Waals surface area (Å²) in [5.74, 6) is 0.559. The molecule has 0 saturated carbocycles. The molecule has 3 heterocycles. The monoisotopic (exact) mass is 473 g/mol. The number of hydrogen-bond acceptors (Lipinski definition) is 6. The number of carbonyl (C=O) groups excluding carboxylic acids is 1. The van der Waals surface area contributed by atoms with E-state index in [4.69, 9.17) is 0 Å². The molecule has 0 radical (unpaired) electrons. The van der Waals surface area contributed by atoms with E-state index >= 15 is 0 Å². The molecule has 2 aromatic heterocycles. The first kappa shape index (κ1) is 22.7. The van der Waals surface area contributed by atoms with Gasteiger partial charge in [-0.1, -0.05) is 35.9 Å². The third-order valence-electron chi connectivity index (χ3n) is 5.44. The van der Waals surface area contributed by atoms with E-state index in [0.717, 1.165) is 5.56 Å². The number of carbonyl (C=O) groups is 1. The predicted octanol–water partition coefficient (Wildman–Crippen LogP) is 2.68. The molecule has 1 saturated heterocycles. The quantitative estimate of drug-likeness (QED) is 0.524. The highest BCUT2D eigenvalue weighted by molar-refractivity contribution is 7.91. The van der Waals surface area contributed by atoms with E-state index in [9.17, 15) is 13.2 Å². The predicted molar refractivity (Wildman–Crippen MR) is 125 cm³/mol. The van der Waals surface area contributed by atoms with E-state index in [1.165, 1.54) is 16.9 Å². The van der Waals surface area contributed by atoms with Crippen LogP contribution in [0.4, 0.5) is 5.82 Å². The number of nitrogens with one attached hydrogen (secondary N) is 2. The van der Waals surface area contributed by atoms with Crippen LogP contribution in [0.3, 0.4) is 0 Å². The zero-order chi connectivity index (χ0) is 22.6. The van der Waals surface area contributed by atoms with Crippen molar-refractivity contribution >= 4 is 33.1 Å². The van der Waals surface area contributed by atoms with E-state index in [-0.39, 0.29) is 18.5 Å². The molecule has 2 N–H and O–H groups in total. The van der Waals surface area contributed by atoms with E-state index in [1.807, 2.05) is 30.0 Å². The smallest absolute Gasteiger partial charge is 0.250 e. The van der Waals surface area contributed by atoms with Crippen molar-refractivity contribution < 1.29 is 13.2 Å². The van der Waals surface area contributed by atoms with Gasteiger partial charge in [0.2, 0.25) is 15.9 Å². The van der Waals surface area contributed by atoms with Crippen LogP contribution >= 0.6 is 11.3 Å². The van der Waals surface area contributed by atoms with Crippen LogP contribution in [0.5, 0.6) is 0 Å². The third-order valence-corrected chi connectivity index (χ3v) is 8.35. The number of thiophene rings is 1. The second kappa shape index (κ2) is 9.95. The second-order valence-electron chi connectivity index (χ2n) is 8.02. The number of aryl methyl sites for hydroxylation is 1.